The predicted octanol–water partition coefficient (Wildman–Crippen LogP) is 4.56. The summed E-state index contributed by atoms with van der Waals surface area (Å²) in [5.41, 5.74) is 7.38. The molecule has 0 spiro atoms. The van der Waals surface area contributed by atoms with Crippen molar-refractivity contribution in [3.8, 4) is 0 Å². The molecule has 0 saturated carbocycles. The Morgan fingerprint density at radius 1 is 1.09 bits per heavy atom. The van der Waals surface area contributed by atoms with Crippen LogP contribution < -0.4 is 0 Å². The van der Waals surface area contributed by atoms with E-state index in [-0.39, 0.29) is 0 Å². The Kier molecular flexibility index (Phi) is 2.65. The molecule has 0 bridgehead atoms. The lowest BCUT2D eigenvalue weighted by Crippen LogP contribution is -2.22. The molecule has 1 atom stereocenters. The fourth-order valence-corrected chi connectivity index (χ4v) is 3.60. The molecule has 1 aromatic carbocycles. The fourth-order valence-electron chi connectivity index (χ4n) is 3.60. The second kappa shape index (κ2) is 4.82. The van der Waals surface area contributed by atoms with Crippen molar-refractivity contribution in [2.75, 3.05) is 6.54 Å². The molecule has 0 aromatic heterocycles. The molecule has 2 nitrogen and oxygen atoms in total. The van der Waals surface area contributed by atoms with Gasteiger partial charge in [0.05, 0.1) is 11.4 Å². The minimum Gasteiger partial charge on any atom is -0.344 e. The van der Waals surface area contributed by atoms with Crippen molar-refractivity contribution in [3.05, 3.63) is 101 Å². The van der Waals surface area contributed by atoms with Crippen molar-refractivity contribution < 1.29 is 0 Å². The lowest BCUT2D eigenvalue weighted by atomic mass is 9.84. The quantitative estimate of drug-likeness (QED) is 0.741. The number of hydrogen-bond acceptors (Lipinski definition) is 2. The molecule has 1 aliphatic carbocycles. The highest BCUT2D eigenvalue weighted by molar-refractivity contribution is 6.14. The largest absolute Gasteiger partial charge is 0.344 e. The van der Waals surface area contributed by atoms with Crippen LogP contribution >= 0.6 is 0 Å². The van der Waals surface area contributed by atoms with Gasteiger partial charge in [0.2, 0.25) is 0 Å². The summed E-state index contributed by atoms with van der Waals surface area (Å²) in [5.74, 6) is 0.297. The standard InChI is InChI=1S/C21H16N2/c1-2-10-20-18(7-1)19-9-5-8-17(21(19)22-20)15-11-13-23-12-4-3-6-16(23)14-15/h1-12,14,19H,13H2. The van der Waals surface area contributed by atoms with Gasteiger partial charge in [0, 0.05) is 29.9 Å². The number of hydrogen-bond donors (Lipinski definition) is 0. The molecular formula is C21H16N2. The third kappa shape index (κ3) is 1.92. The van der Waals surface area contributed by atoms with E-state index in [4.69, 9.17) is 4.99 Å². The summed E-state index contributed by atoms with van der Waals surface area (Å²) < 4.78 is 0. The monoisotopic (exact) mass is 296 g/mol. The molecule has 0 saturated heterocycles. The van der Waals surface area contributed by atoms with Crippen molar-refractivity contribution in [1.82, 2.24) is 4.90 Å². The minimum atomic E-state index is 0.297. The average molecular weight is 296 g/mol. The fraction of sp³-hybridized carbons (Fsp3) is 0.0952. The van der Waals surface area contributed by atoms with Crippen LogP contribution in [0.1, 0.15) is 11.5 Å². The van der Waals surface area contributed by atoms with E-state index in [1.54, 1.807) is 0 Å². The summed E-state index contributed by atoms with van der Waals surface area (Å²) >= 11 is 0. The smallest absolute Gasteiger partial charge is 0.0675 e. The van der Waals surface area contributed by atoms with Gasteiger partial charge in [-0.2, -0.15) is 0 Å². The Morgan fingerprint density at radius 3 is 3.04 bits per heavy atom. The molecule has 23 heavy (non-hydrogen) atoms. The van der Waals surface area contributed by atoms with E-state index >= 15 is 0 Å². The highest BCUT2D eigenvalue weighted by atomic mass is 15.1. The second-order valence-electron chi connectivity index (χ2n) is 6.08. The first-order valence-corrected chi connectivity index (χ1v) is 8.00. The van der Waals surface area contributed by atoms with Crippen molar-refractivity contribution in [3.63, 3.8) is 0 Å². The van der Waals surface area contributed by atoms with E-state index in [1.807, 2.05) is 0 Å². The number of nitrogens with zero attached hydrogens (tertiary/aromatic N) is 2. The molecule has 4 aliphatic rings. The van der Waals surface area contributed by atoms with Crippen LogP contribution in [0.3, 0.4) is 0 Å². The van der Waals surface area contributed by atoms with Crippen molar-refractivity contribution in [2.24, 2.45) is 4.99 Å². The van der Waals surface area contributed by atoms with Gasteiger partial charge in [-0.15, -0.1) is 0 Å². The molecule has 5 rings (SSSR count). The molecular weight excluding hydrogens is 280 g/mol. The van der Waals surface area contributed by atoms with E-state index in [0.29, 0.717) is 5.92 Å². The number of aliphatic imine (C=N–C) groups is 1. The summed E-state index contributed by atoms with van der Waals surface area (Å²) in [6, 6.07) is 8.46. The molecule has 2 heteroatoms. The first-order chi connectivity index (χ1) is 11.4. The van der Waals surface area contributed by atoms with Gasteiger partial charge < -0.3 is 4.90 Å². The molecule has 3 aliphatic heterocycles. The Morgan fingerprint density at radius 2 is 2.04 bits per heavy atom. The van der Waals surface area contributed by atoms with E-state index in [1.165, 1.54) is 28.1 Å². The average Bonchev–Trinajstić information content (AvgIpc) is 3.00. The van der Waals surface area contributed by atoms with Gasteiger partial charge in [-0.25, -0.2) is 0 Å². The number of fused-ring (bicyclic) bond motifs is 4. The van der Waals surface area contributed by atoms with Crippen LogP contribution in [0.15, 0.2) is 101 Å². The van der Waals surface area contributed by atoms with E-state index in [2.05, 4.69) is 84.0 Å². The van der Waals surface area contributed by atoms with Crippen LogP contribution in [0.25, 0.3) is 0 Å². The molecule has 1 aromatic rings. The van der Waals surface area contributed by atoms with Gasteiger partial charge in [-0.05, 0) is 35.4 Å². The van der Waals surface area contributed by atoms with E-state index < -0.39 is 0 Å². The zero-order chi connectivity index (χ0) is 15.2. The molecule has 110 valence electrons. The molecule has 0 amide bonds. The number of allylic oxidation sites excluding steroid dienone is 9. The molecule has 0 radical (unpaired) electrons. The summed E-state index contributed by atoms with van der Waals surface area (Å²) in [4.78, 5) is 7.17. The van der Waals surface area contributed by atoms with Crippen molar-refractivity contribution in [2.45, 2.75) is 5.92 Å². The lowest BCUT2D eigenvalue weighted by Gasteiger charge is -2.28. The van der Waals surface area contributed by atoms with Gasteiger partial charge in [-0.3, -0.25) is 4.99 Å². The van der Waals surface area contributed by atoms with Crippen molar-refractivity contribution >= 4 is 11.4 Å². The Balaban J connectivity index is 1.56. The molecule has 0 fully saturated rings. The Bertz CT molecular complexity index is 904. The zero-order valence-electron chi connectivity index (χ0n) is 12.7. The van der Waals surface area contributed by atoms with Crippen LogP contribution in [0.5, 0.6) is 0 Å². The maximum absolute atomic E-state index is 4.92. The first kappa shape index (κ1) is 12.7. The van der Waals surface area contributed by atoms with Crippen LogP contribution in [0.2, 0.25) is 0 Å². The molecule has 0 N–H and O–H groups in total. The number of rotatable bonds is 1. The lowest BCUT2D eigenvalue weighted by molar-refractivity contribution is 0.521. The minimum absolute atomic E-state index is 0.297. The van der Waals surface area contributed by atoms with E-state index in [9.17, 15) is 0 Å². The van der Waals surface area contributed by atoms with Crippen LogP contribution in [-0.2, 0) is 0 Å². The SMILES string of the molecule is C1=CC2=CC(C3=CC=CC4C3=Nc3ccccc34)=CCN2C=C1. The molecule has 1 unspecified atom stereocenters. The third-order valence-corrected chi connectivity index (χ3v) is 4.75. The van der Waals surface area contributed by atoms with Gasteiger partial charge in [0.15, 0.2) is 0 Å². The van der Waals surface area contributed by atoms with Gasteiger partial charge in [-0.1, -0.05) is 48.6 Å². The van der Waals surface area contributed by atoms with Gasteiger partial charge in [0.1, 0.15) is 0 Å². The topological polar surface area (TPSA) is 15.6 Å². The Labute approximate surface area is 135 Å². The van der Waals surface area contributed by atoms with Crippen LogP contribution in [0.4, 0.5) is 5.69 Å². The van der Waals surface area contributed by atoms with Gasteiger partial charge in [0.25, 0.3) is 0 Å². The third-order valence-electron chi connectivity index (χ3n) is 4.75. The van der Waals surface area contributed by atoms with Crippen LogP contribution in [0, 0.1) is 0 Å². The summed E-state index contributed by atoms with van der Waals surface area (Å²) in [7, 11) is 0. The van der Waals surface area contributed by atoms with Crippen LogP contribution in [-0.4, -0.2) is 17.2 Å². The molecule has 3 heterocycles. The number of para-hydroxylation sites is 1. The normalized spacial score (nSPS) is 23.5. The highest BCUT2D eigenvalue weighted by Gasteiger charge is 2.30. The van der Waals surface area contributed by atoms with Gasteiger partial charge >= 0.3 is 0 Å². The summed E-state index contributed by atoms with van der Waals surface area (Å²) in [6.07, 6.45) is 19.6. The summed E-state index contributed by atoms with van der Waals surface area (Å²) in [6.45, 7) is 0.911. The predicted molar refractivity (Wildman–Crippen MR) is 94.7 cm³/mol. The highest BCUT2D eigenvalue weighted by Crippen LogP contribution is 2.42. The number of benzene rings is 1. The second-order valence-corrected chi connectivity index (χ2v) is 6.08. The Hall–Kier alpha value is -2.87. The maximum Gasteiger partial charge on any atom is 0.0675 e. The maximum atomic E-state index is 4.92. The zero-order valence-corrected chi connectivity index (χ0v) is 12.7. The van der Waals surface area contributed by atoms with Crippen molar-refractivity contribution in [1.29, 1.82) is 0 Å². The first-order valence-electron chi connectivity index (χ1n) is 8.00. The van der Waals surface area contributed by atoms with E-state index in [0.717, 1.165) is 12.2 Å². The summed E-state index contributed by atoms with van der Waals surface area (Å²) in [5, 5.41) is 0.